The number of aliphatic hydroxyl groups is 1. The number of nitrogens with zero attached hydrogens (tertiary/aromatic N) is 4. The van der Waals surface area contributed by atoms with Crippen molar-refractivity contribution in [2.24, 2.45) is 0 Å². The highest BCUT2D eigenvalue weighted by molar-refractivity contribution is 5.92. The quantitative estimate of drug-likeness (QED) is 0.849. The number of piperidine rings is 1. The zero-order valence-corrected chi connectivity index (χ0v) is 13.5. The fourth-order valence-corrected chi connectivity index (χ4v) is 2.71. The van der Waals surface area contributed by atoms with Gasteiger partial charge in [-0.05, 0) is 18.6 Å². The molecule has 2 atom stereocenters. The van der Waals surface area contributed by atoms with E-state index in [0.717, 1.165) is 12.3 Å². The number of hydrogen-bond acceptors (Lipinski definition) is 6. The molecular weight excluding hydrogens is 351 g/mol. The number of aliphatic hydroxyl groups excluding tert-OH is 1. The smallest absolute Gasteiger partial charge is 0.389 e. The van der Waals surface area contributed by atoms with Crippen molar-refractivity contribution in [2.45, 2.75) is 24.7 Å². The van der Waals surface area contributed by atoms with Gasteiger partial charge in [-0.15, -0.1) is 0 Å². The number of carbonyl (C=O) groups excluding carboxylic acids is 1. The Kier molecular flexibility index (Phi) is 5.03. The second kappa shape index (κ2) is 7.24. The van der Waals surface area contributed by atoms with Crippen molar-refractivity contribution in [1.82, 2.24) is 20.3 Å². The SMILES string of the molecule is O=C(NC1CCN(c2ccc(C(F)(F)F)cn2)CC1O)c1cnccn1. The van der Waals surface area contributed by atoms with Gasteiger partial charge in [-0.1, -0.05) is 0 Å². The van der Waals surface area contributed by atoms with Gasteiger partial charge in [0.25, 0.3) is 5.91 Å². The van der Waals surface area contributed by atoms with Crippen LogP contribution in [0.1, 0.15) is 22.5 Å². The van der Waals surface area contributed by atoms with Crippen molar-refractivity contribution >= 4 is 11.7 Å². The number of hydrogen-bond donors (Lipinski definition) is 2. The van der Waals surface area contributed by atoms with Crippen LogP contribution in [0, 0.1) is 0 Å². The number of β-amino-alcohol motifs (C(OH)–C–C–N with tert-alkyl or cyclic N) is 1. The van der Waals surface area contributed by atoms with E-state index in [0.29, 0.717) is 18.8 Å². The predicted octanol–water partition coefficient (Wildman–Crippen LogP) is 1.26. The standard InChI is InChI=1S/C16H16F3N5O2/c17-16(18,19)10-1-2-14(22-7-10)24-6-3-11(13(25)9-24)23-15(26)12-8-20-4-5-21-12/h1-2,4-5,7-8,11,13,25H,3,6,9H2,(H,23,26). The first kappa shape index (κ1) is 18.1. The minimum Gasteiger partial charge on any atom is -0.389 e. The molecule has 0 bridgehead atoms. The summed E-state index contributed by atoms with van der Waals surface area (Å²) in [5.41, 5.74) is -0.681. The third-order valence-corrected chi connectivity index (χ3v) is 4.09. The zero-order valence-electron chi connectivity index (χ0n) is 13.5. The summed E-state index contributed by atoms with van der Waals surface area (Å²) in [6.07, 6.45) is 0.00440. The van der Waals surface area contributed by atoms with Gasteiger partial charge >= 0.3 is 6.18 Å². The molecular formula is C16H16F3N5O2. The van der Waals surface area contributed by atoms with Gasteiger partial charge in [0.2, 0.25) is 0 Å². The van der Waals surface area contributed by atoms with Crippen molar-refractivity contribution in [3.05, 3.63) is 48.2 Å². The molecule has 0 radical (unpaired) electrons. The van der Waals surface area contributed by atoms with E-state index in [1.165, 1.54) is 24.7 Å². The van der Waals surface area contributed by atoms with Crippen molar-refractivity contribution in [3.8, 4) is 0 Å². The molecule has 1 saturated heterocycles. The van der Waals surface area contributed by atoms with Gasteiger partial charge in [0.05, 0.1) is 23.9 Å². The Bertz CT molecular complexity index is 755. The van der Waals surface area contributed by atoms with E-state index in [-0.39, 0.29) is 12.2 Å². The first-order valence-electron chi connectivity index (χ1n) is 7.88. The molecule has 26 heavy (non-hydrogen) atoms. The van der Waals surface area contributed by atoms with E-state index in [1.807, 2.05) is 0 Å². The van der Waals surface area contributed by atoms with Gasteiger partial charge in [0, 0.05) is 31.7 Å². The van der Waals surface area contributed by atoms with E-state index in [4.69, 9.17) is 0 Å². The maximum atomic E-state index is 12.6. The fourth-order valence-electron chi connectivity index (χ4n) is 2.71. The molecule has 2 unspecified atom stereocenters. The Labute approximate surface area is 146 Å². The number of alkyl halides is 3. The number of aromatic nitrogens is 3. The minimum atomic E-state index is -4.44. The third kappa shape index (κ3) is 4.07. The van der Waals surface area contributed by atoms with Crippen LogP contribution in [-0.2, 0) is 6.18 Å². The zero-order chi connectivity index (χ0) is 18.7. The summed E-state index contributed by atoms with van der Waals surface area (Å²) in [5.74, 6) is -0.0981. The number of anilines is 1. The normalized spacial score (nSPS) is 20.7. The van der Waals surface area contributed by atoms with Gasteiger partial charge in [-0.3, -0.25) is 9.78 Å². The number of nitrogens with one attached hydrogen (secondary N) is 1. The summed E-state index contributed by atoms with van der Waals surface area (Å²) in [6, 6.07) is 1.74. The van der Waals surface area contributed by atoms with Crippen LogP contribution in [0.5, 0.6) is 0 Å². The van der Waals surface area contributed by atoms with Crippen LogP contribution in [0.25, 0.3) is 0 Å². The van der Waals surface area contributed by atoms with Gasteiger partial charge in [0.1, 0.15) is 11.5 Å². The number of halogens is 3. The highest BCUT2D eigenvalue weighted by atomic mass is 19.4. The predicted molar refractivity (Wildman–Crippen MR) is 85.4 cm³/mol. The second-order valence-electron chi connectivity index (χ2n) is 5.88. The maximum absolute atomic E-state index is 12.6. The molecule has 10 heteroatoms. The van der Waals surface area contributed by atoms with E-state index >= 15 is 0 Å². The van der Waals surface area contributed by atoms with E-state index in [1.54, 1.807) is 4.90 Å². The van der Waals surface area contributed by atoms with E-state index < -0.39 is 29.8 Å². The van der Waals surface area contributed by atoms with Crippen LogP contribution in [0.4, 0.5) is 19.0 Å². The highest BCUT2D eigenvalue weighted by Gasteiger charge is 2.32. The highest BCUT2D eigenvalue weighted by Crippen LogP contribution is 2.29. The molecule has 1 aliphatic rings. The molecule has 1 aliphatic heterocycles. The molecule has 0 aliphatic carbocycles. The maximum Gasteiger partial charge on any atom is 0.417 e. The molecule has 7 nitrogen and oxygen atoms in total. The van der Waals surface area contributed by atoms with Gasteiger partial charge in [0.15, 0.2) is 0 Å². The fraction of sp³-hybridized carbons (Fsp3) is 0.375. The van der Waals surface area contributed by atoms with Gasteiger partial charge < -0.3 is 15.3 Å². The van der Waals surface area contributed by atoms with Gasteiger partial charge in [-0.2, -0.15) is 13.2 Å². The Hall–Kier alpha value is -2.75. The average Bonchev–Trinajstić information content (AvgIpc) is 2.63. The summed E-state index contributed by atoms with van der Waals surface area (Å²) in [7, 11) is 0. The molecule has 3 heterocycles. The summed E-state index contributed by atoms with van der Waals surface area (Å²) in [6.45, 7) is 0.574. The van der Waals surface area contributed by atoms with Crippen LogP contribution >= 0.6 is 0 Å². The molecule has 0 saturated carbocycles. The summed E-state index contributed by atoms with van der Waals surface area (Å²) < 4.78 is 37.8. The van der Waals surface area contributed by atoms with Crippen molar-refractivity contribution < 1.29 is 23.1 Å². The van der Waals surface area contributed by atoms with Crippen LogP contribution in [-0.4, -0.2) is 51.2 Å². The molecule has 2 N–H and O–H groups in total. The monoisotopic (exact) mass is 367 g/mol. The van der Waals surface area contributed by atoms with Crippen LogP contribution in [0.2, 0.25) is 0 Å². The lowest BCUT2D eigenvalue weighted by molar-refractivity contribution is -0.137. The average molecular weight is 367 g/mol. The third-order valence-electron chi connectivity index (χ3n) is 4.09. The molecule has 3 rings (SSSR count). The van der Waals surface area contributed by atoms with E-state index in [9.17, 15) is 23.1 Å². The molecule has 138 valence electrons. The first-order chi connectivity index (χ1) is 12.3. The summed E-state index contributed by atoms with van der Waals surface area (Å²) in [5, 5.41) is 13.0. The van der Waals surface area contributed by atoms with Crippen LogP contribution in [0.15, 0.2) is 36.9 Å². The Morgan fingerprint density at radius 2 is 2.04 bits per heavy atom. The molecule has 2 aromatic heterocycles. The van der Waals surface area contributed by atoms with Crippen molar-refractivity contribution in [1.29, 1.82) is 0 Å². The van der Waals surface area contributed by atoms with Crippen molar-refractivity contribution in [2.75, 3.05) is 18.0 Å². The number of rotatable bonds is 3. The topological polar surface area (TPSA) is 91.2 Å². The largest absolute Gasteiger partial charge is 0.417 e. The van der Waals surface area contributed by atoms with Crippen LogP contribution in [0.3, 0.4) is 0 Å². The lowest BCUT2D eigenvalue weighted by atomic mass is 10.0. The lowest BCUT2D eigenvalue weighted by Crippen LogP contribution is -2.54. The molecule has 0 aromatic carbocycles. The van der Waals surface area contributed by atoms with Gasteiger partial charge in [-0.25, -0.2) is 9.97 Å². The second-order valence-corrected chi connectivity index (χ2v) is 5.88. The molecule has 1 amide bonds. The lowest BCUT2D eigenvalue weighted by Gasteiger charge is -2.36. The molecule has 2 aromatic rings. The number of amides is 1. The Morgan fingerprint density at radius 3 is 2.62 bits per heavy atom. The number of pyridine rings is 1. The summed E-state index contributed by atoms with van der Waals surface area (Å²) >= 11 is 0. The van der Waals surface area contributed by atoms with Crippen LogP contribution < -0.4 is 10.2 Å². The Balaban J connectivity index is 1.60. The van der Waals surface area contributed by atoms with E-state index in [2.05, 4.69) is 20.3 Å². The minimum absolute atomic E-state index is 0.143. The first-order valence-corrected chi connectivity index (χ1v) is 7.88. The summed E-state index contributed by atoms with van der Waals surface area (Å²) in [4.78, 5) is 25.3. The van der Waals surface area contributed by atoms with Crippen molar-refractivity contribution in [3.63, 3.8) is 0 Å². The molecule has 1 fully saturated rings. The molecule has 0 spiro atoms. The Morgan fingerprint density at radius 1 is 1.23 bits per heavy atom. The number of carbonyl (C=O) groups is 1.